The van der Waals surface area contributed by atoms with Crippen LogP contribution in [0.4, 0.5) is 5.69 Å². The molecule has 0 spiro atoms. The van der Waals surface area contributed by atoms with Crippen molar-refractivity contribution in [1.82, 2.24) is 9.38 Å². The van der Waals surface area contributed by atoms with Crippen molar-refractivity contribution in [2.75, 3.05) is 11.9 Å². The van der Waals surface area contributed by atoms with E-state index in [-0.39, 0.29) is 11.5 Å². The lowest BCUT2D eigenvalue weighted by Crippen LogP contribution is -2.41. The van der Waals surface area contributed by atoms with Crippen LogP contribution in [0.1, 0.15) is 17.3 Å². The number of nitrogens with zero attached hydrogens (tertiary/aromatic N) is 3. The van der Waals surface area contributed by atoms with Crippen molar-refractivity contribution in [2.45, 2.75) is 13.0 Å². The molecule has 0 saturated carbocycles. The van der Waals surface area contributed by atoms with E-state index in [1.165, 1.54) is 6.07 Å². The fourth-order valence-corrected chi connectivity index (χ4v) is 2.99. The zero-order valence-corrected chi connectivity index (χ0v) is 13.6. The van der Waals surface area contributed by atoms with E-state index in [1.54, 1.807) is 47.8 Å². The summed E-state index contributed by atoms with van der Waals surface area (Å²) in [7, 11) is 1.70. The van der Waals surface area contributed by atoms with E-state index in [2.05, 4.69) is 4.98 Å². The molecule has 1 unspecified atom stereocenters. The highest BCUT2D eigenvalue weighted by Gasteiger charge is 2.29. The summed E-state index contributed by atoms with van der Waals surface area (Å²) in [4.78, 5) is 29.5. The van der Waals surface area contributed by atoms with Crippen LogP contribution in [0.3, 0.4) is 0 Å². The Morgan fingerprint density at radius 1 is 1.32 bits per heavy atom. The van der Waals surface area contributed by atoms with Crippen LogP contribution >= 0.6 is 0 Å². The van der Waals surface area contributed by atoms with Gasteiger partial charge in [0.2, 0.25) is 0 Å². The molecule has 1 N–H and O–H groups in total. The molecule has 1 atom stereocenters. The third-order valence-corrected chi connectivity index (χ3v) is 4.31. The number of fused-ring (bicyclic) bond motifs is 2. The highest BCUT2D eigenvalue weighted by Crippen LogP contribution is 2.36. The monoisotopic (exact) mass is 337 g/mol. The Labute approximate surface area is 143 Å². The van der Waals surface area contributed by atoms with Gasteiger partial charge < -0.3 is 19.1 Å². The lowest BCUT2D eigenvalue weighted by atomic mass is 10.1. The number of carbonyl (C=O) groups excluding carboxylic acids is 1. The van der Waals surface area contributed by atoms with Gasteiger partial charge in [-0.2, -0.15) is 0 Å². The molecule has 3 heterocycles. The standard InChI is InChI=1S/C18H15N3O4/c1-10-17(22)20(2)14-8-11(5-6-15(14)25-10)13-9-21-7-3-4-12(18(23)24)16(21)19-13/h3-10H,1-2H3,(H,23,24). The second-order valence-electron chi connectivity index (χ2n) is 5.92. The number of hydrogen-bond donors (Lipinski definition) is 1. The van der Waals surface area contributed by atoms with Crippen LogP contribution in [0.15, 0.2) is 42.7 Å². The van der Waals surface area contributed by atoms with Crippen LogP contribution in [-0.4, -0.2) is 39.5 Å². The molecule has 0 aliphatic carbocycles. The second kappa shape index (κ2) is 5.34. The Balaban J connectivity index is 1.84. The number of rotatable bonds is 2. The Morgan fingerprint density at radius 2 is 2.12 bits per heavy atom. The molecule has 126 valence electrons. The normalized spacial score (nSPS) is 16.6. The minimum absolute atomic E-state index is 0.118. The van der Waals surface area contributed by atoms with Gasteiger partial charge in [-0.1, -0.05) is 0 Å². The molecule has 0 radical (unpaired) electrons. The van der Waals surface area contributed by atoms with E-state index in [4.69, 9.17) is 4.74 Å². The summed E-state index contributed by atoms with van der Waals surface area (Å²) >= 11 is 0. The van der Waals surface area contributed by atoms with Gasteiger partial charge in [-0.05, 0) is 37.3 Å². The third-order valence-electron chi connectivity index (χ3n) is 4.31. The summed E-state index contributed by atoms with van der Waals surface area (Å²) < 4.78 is 7.29. The first-order valence-corrected chi connectivity index (χ1v) is 7.75. The summed E-state index contributed by atoms with van der Waals surface area (Å²) in [6.45, 7) is 1.71. The summed E-state index contributed by atoms with van der Waals surface area (Å²) in [6.07, 6.45) is 2.99. The van der Waals surface area contributed by atoms with Gasteiger partial charge in [0.05, 0.1) is 11.4 Å². The van der Waals surface area contributed by atoms with Crippen molar-refractivity contribution in [2.24, 2.45) is 0 Å². The van der Waals surface area contributed by atoms with Gasteiger partial charge in [0.25, 0.3) is 5.91 Å². The number of ether oxygens (including phenoxy) is 1. The maximum atomic E-state index is 12.1. The molecule has 4 rings (SSSR count). The molecule has 0 fully saturated rings. The Hall–Kier alpha value is -3.35. The van der Waals surface area contributed by atoms with Crippen LogP contribution < -0.4 is 9.64 Å². The first-order chi connectivity index (χ1) is 12.0. The SMILES string of the molecule is CC1Oc2ccc(-c3cn4cccc(C(=O)O)c4n3)cc2N(C)C1=O. The Bertz CT molecular complexity index is 1020. The molecule has 2 aromatic heterocycles. The van der Waals surface area contributed by atoms with Crippen LogP contribution in [0.2, 0.25) is 0 Å². The highest BCUT2D eigenvalue weighted by molar-refractivity contribution is 6.00. The molecule has 1 aliphatic rings. The molecule has 7 heteroatoms. The van der Waals surface area contributed by atoms with Gasteiger partial charge >= 0.3 is 5.97 Å². The number of aromatic nitrogens is 2. The molecule has 1 aromatic carbocycles. The summed E-state index contributed by atoms with van der Waals surface area (Å²) in [5.74, 6) is -0.512. The van der Waals surface area contributed by atoms with E-state index < -0.39 is 12.1 Å². The highest BCUT2D eigenvalue weighted by atomic mass is 16.5. The predicted molar refractivity (Wildman–Crippen MR) is 91.1 cm³/mol. The van der Waals surface area contributed by atoms with Crippen molar-refractivity contribution in [1.29, 1.82) is 0 Å². The third kappa shape index (κ3) is 2.32. The molecule has 7 nitrogen and oxygen atoms in total. The number of pyridine rings is 1. The minimum atomic E-state index is -1.03. The van der Waals surface area contributed by atoms with Gasteiger partial charge in [-0.3, -0.25) is 4.79 Å². The number of amides is 1. The van der Waals surface area contributed by atoms with Gasteiger partial charge in [-0.25, -0.2) is 9.78 Å². The lowest BCUT2D eigenvalue weighted by molar-refractivity contribution is -0.125. The zero-order valence-electron chi connectivity index (χ0n) is 13.6. The molecule has 1 aliphatic heterocycles. The van der Waals surface area contributed by atoms with Gasteiger partial charge in [0.1, 0.15) is 11.3 Å². The lowest BCUT2D eigenvalue weighted by Gasteiger charge is -2.30. The van der Waals surface area contributed by atoms with Gasteiger partial charge in [0, 0.05) is 25.0 Å². The number of aromatic carboxylic acids is 1. The summed E-state index contributed by atoms with van der Waals surface area (Å²) in [6, 6.07) is 8.64. The number of carbonyl (C=O) groups is 2. The minimum Gasteiger partial charge on any atom is -0.479 e. The molecule has 0 saturated heterocycles. The molecular weight excluding hydrogens is 322 g/mol. The van der Waals surface area contributed by atoms with E-state index in [0.29, 0.717) is 22.8 Å². The van der Waals surface area contributed by atoms with E-state index in [9.17, 15) is 14.7 Å². The van der Waals surface area contributed by atoms with Gasteiger partial charge in [0.15, 0.2) is 11.8 Å². The van der Waals surface area contributed by atoms with Crippen molar-refractivity contribution in [3.05, 3.63) is 48.3 Å². The Morgan fingerprint density at radius 3 is 2.88 bits per heavy atom. The number of anilines is 1. The first-order valence-electron chi connectivity index (χ1n) is 7.75. The quantitative estimate of drug-likeness (QED) is 0.776. The molecule has 1 amide bonds. The molecular formula is C18H15N3O4. The summed E-state index contributed by atoms with van der Waals surface area (Å²) in [5.41, 5.74) is 2.57. The second-order valence-corrected chi connectivity index (χ2v) is 5.92. The van der Waals surface area contributed by atoms with Crippen molar-refractivity contribution in [3.8, 4) is 17.0 Å². The van der Waals surface area contributed by atoms with Crippen LogP contribution in [-0.2, 0) is 4.79 Å². The fraction of sp³-hybridized carbons (Fsp3) is 0.167. The number of imidazole rings is 1. The largest absolute Gasteiger partial charge is 0.479 e. The predicted octanol–water partition coefficient (Wildman–Crippen LogP) is 2.44. The van der Waals surface area contributed by atoms with Crippen molar-refractivity contribution >= 4 is 23.2 Å². The van der Waals surface area contributed by atoms with Crippen molar-refractivity contribution < 1.29 is 19.4 Å². The van der Waals surface area contributed by atoms with Crippen LogP contribution in [0.5, 0.6) is 5.75 Å². The number of carboxylic acid groups (broad SMARTS) is 1. The van der Waals surface area contributed by atoms with E-state index in [0.717, 1.165) is 5.56 Å². The average molecular weight is 337 g/mol. The average Bonchev–Trinajstić information content (AvgIpc) is 3.03. The smallest absolute Gasteiger partial charge is 0.339 e. The van der Waals surface area contributed by atoms with Gasteiger partial charge in [-0.15, -0.1) is 0 Å². The number of carboxylic acids is 1. The maximum Gasteiger partial charge on any atom is 0.339 e. The molecule has 0 bridgehead atoms. The van der Waals surface area contributed by atoms with E-state index in [1.807, 2.05) is 12.1 Å². The van der Waals surface area contributed by atoms with Crippen LogP contribution in [0, 0.1) is 0 Å². The maximum absolute atomic E-state index is 12.1. The number of hydrogen-bond acceptors (Lipinski definition) is 4. The van der Waals surface area contributed by atoms with E-state index >= 15 is 0 Å². The van der Waals surface area contributed by atoms with Crippen molar-refractivity contribution in [3.63, 3.8) is 0 Å². The first kappa shape index (κ1) is 15.2. The van der Waals surface area contributed by atoms with Crippen LogP contribution in [0.25, 0.3) is 16.9 Å². The number of likely N-dealkylation sites (N-methyl/N-ethyl adjacent to an activating group) is 1. The molecule has 25 heavy (non-hydrogen) atoms. The number of benzene rings is 1. The zero-order chi connectivity index (χ0) is 17.7. The fourth-order valence-electron chi connectivity index (χ4n) is 2.99. The summed E-state index contributed by atoms with van der Waals surface area (Å²) in [5, 5.41) is 9.30. The molecule has 3 aromatic rings. The Kier molecular flexibility index (Phi) is 3.24. The topological polar surface area (TPSA) is 84.1 Å².